The summed E-state index contributed by atoms with van der Waals surface area (Å²) >= 11 is 0. The fourth-order valence-corrected chi connectivity index (χ4v) is 1.98. The largest absolute Gasteiger partial charge is 0.497 e. The second kappa shape index (κ2) is 6.79. The van der Waals surface area contributed by atoms with Gasteiger partial charge in [0.05, 0.1) is 7.11 Å². The van der Waals surface area contributed by atoms with Crippen LogP contribution in [-0.4, -0.2) is 20.2 Å². The predicted molar refractivity (Wildman–Crippen MR) is 78.3 cm³/mol. The quantitative estimate of drug-likeness (QED) is 0.745. The highest BCUT2D eigenvalue weighted by Crippen LogP contribution is 2.28. The van der Waals surface area contributed by atoms with Crippen molar-refractivity contribution in [2.24, 2.45) is 5.92 Å². The van der Waals surface area contributed by atoms with Gasteiger partial charge in [-0.15, -0.1) is 0 Å². The van der Waals surface area contributed by atoms with Crippen molar-refractivity contribution in [3.8, 4) is 5.75 Å². The normalized spacial score (nSPS) is 11.9. The highest BCUT2D eigenvalue weighted by atomic mass is 16.5. The van der Waals surface area contributed by atoms with Crippen LogP contribution in [0.2, 0.25) is 0 Å². The van der Waals surface area contributed by atoms with Gasteiger partial charge in [0.25, 0.3) is 0 Å². The maximum absolute atomic E-state index is 5.19. The van der Waals surface area contributed by atoms with Crippen molar-refractivity contribution >= 4 is 0 Å². The summed E-state index contributed by atoms with van der Waals surface area (Å²) in [6.45, 7) is 11.2. The van der Waals surface area contributed by atoms with Crippen LogP contribution in [0.5, 0.6) is 5.75 Å². The molecule has 0 spiro atoms. The number of methoxy groups -OCH3 is 1. The van der Waals surface area contributed by atoms with Crippen molar-refractivity contribution in [3.63, 3.8) is 0 Å². The van der Waals surface area contributed by atoms with E-state index in [2.05, 4.69) is 45.1 Å². The van der Waals surface area contributed by atoms with Crippen molar-refractivity contribution in [2.45, 2.75) is 39.5 Å². The standard InChI is InChI=1S/C16H27NO/c1-13(2)12-17-11-10-16(3,4)14-6-8-15(18-5)9-7-14/h6-9,13,17H,10-12H2,1-5H3. The Balaban J connectivity index is 2.50. The fraction of sp³-hybridized carbons (Fsp3) is 0.625. The zero-order valence-corrected chi connectivity index (χ0v) is 12.4. The molecular formula is C16H27NO. The van der Waals surface area contributed by atoms with E-state index in [4.69, 9.17) is 4.74 Å². The monoisotopic (exact) mass is 249 g/mol. The summed E-state index contributed by atoms with van der Waals surface area (Å²) in [5.41, 5.74) is 1.57. The maximum Gasteiger partial charge on any atom is 0.118 e. The molecule has 2 nitrogen and oxygen atoms in total. The topological polar surface area (TPSA) is 21.3 Å². The Morgan fingerprint density at radius 3 is 2.28 bits per heavy atom. The Morgan fingerprint density at radius 1 is 1.17 bits per heavy atom. The van der Waals surface area contributed by atoms with E-state index in [1.165, 1.54) is 5.56 Å². The van der Waals surface area contributed by atoms with Gasteiger partial charge in [0.2, 0.25) is 0 Å². The van der Waals surface area contributed by atoms with Gasteiger partial charge in [0.1, 0.15) is 5.75 Å². The lowest BCUT2D eigenvalue weighted by Crippen LogP contribution is -2.27. The lowest BCUT2D eigenvalue weighted by atomic mass is 9.81. The van der Waals surface area contributed by atoms with Gasteiger partial charge in [-0.25, -0.2) is 0 Å². The van der Waals surface area contributed by atoms with Crippen LogP contribution in [0, 0.1) is 5.92 Å². The molecule has 0 aromatic heterocycles. The van der Waals surface area contributed by atoms with E-state index in [1.54, 1.807) is 7.11 Å². The van der Waals surface area contributed by atoms with E-state index in [0.29, 0.717) is 5.92 Å². The smallest absolute Gasteiger partial charge is 0.118 e. The Morgan fingerprint density at radius 2 is 1.78 bits per heavy atom. The van der Waals surface area contributed by atoms with Crippen LogP contribution in [-0.2, 0) is 5.41 Å². The number of nitrogens with one attached hydrogen (secondary N) is 1. The molecule has 0 aliphatic heterocycles. The molecule has 0 unspecified atom stereocenters. The summed E-state index contributed by atoms with van der Waals surface area (Å²) < 4.78 is 5.19. The van der Waals surface area contributed by atoms with Gasteiger partial charge in [-0.3, -0.25) is 0 Å². The molecule has 1 rings (SSSR count). The van der Waals surface area contributed by atoms with Crippen molar-refractivity contribution in [3.05, 3.63) is 29.8 Å². The zero-order valence-electron chi connectivity index (χ0n) is 12.4. The van der Waals surface area contributed by atoms with E-state index in [0.717, 1.165) is 25.3 Å². The third-order valence-corrected chi connectivity index (χ3v) is 3.35. The first kappa shape index (κ1) is 15.0. The van der Waals surface area contributed by atoms with Gasteiger partial charge in [-0.2, -0.15) is 0 Å². The predicted octanol–water partition coefficient (Wildman–Crippen LogP) is 3.61. The molecule has 0 aliphatic rings. The number of hydrogen-bond acceptors (Lipinski definition) is 2. The van der Waals surface area contributed by atoms with Crippen LogP contribution < -0.4 is 10.1 Å². The van der Waals surface area contributed by atoms with Crippen molar-refractivity contribution in [1.82, 2.24) is 5.32 Å². The van der Waals surface area contributed by atoms with Crippen molar-refractivity contribution in [1.29, 1.82) is 0 Å². The molecule has 0 radical (unpaired) electrons. The Hall–Kier alpha value is -1.02. The number of ether oxygens (including phenoxy) is 1. The van der Waals surface area contributed by atoms with Gasteiger partial charge in [0, 0.05) is 0 Å². The first-order valence-corrected chi connectivity index (χ1v) is 6.81. The number of hydrogen-bond donors (Lipinski definition) is 1. The Kier molecular flexibility index (Phi) is 5.67. The van der Waals surface area contributed by atoms with E-state index < -0.39 is 0 Å². The molecule has 1 N–H and O–H groups in total. The molecular weight excluding hydrogens is 222 g/mol. The summed E-state index contributed by atoms with van der Waals surface area (Å²) in [5, 5.41) is 3.51. The molecule has 1 aromatic carbocycles. The summed E-state index contributed by atoms with van der Waals surface area (Å²) in [6, 6.07) is 8.42. The van der Waals surface area contributed by atoms with Crippen LogP contribution in [0.4, 0.5) is 0 Å². The molecule has 0 amide bonds. The molecule has 0 heterocycles. The third kappa shape index (κ3) is 4.69. The van der Waals surface area contributed by atoms with Crippen molar-refractivity contribution in [2.75, 3.05) is 20.2 Å². The van der Waals surface area contributed by atoms with Gasteiger partial charge >= 0.3 is 0 Å². The Bertz CT molecular complexity index is 341. The summed E-state index contributed by atoms with van der Waals surface area (Å²) in [7, 11) is 1.70. The van der Waals surface area contributed by atoms with Gasteiger partial charge in [0.15, 0.2) is 0 Å². The van der Waals surface area contributed by atoms with E-state index in [9.17, 15) is 0 Å². The summed E-state index contributed by atoms with van der Waals surface area (Å²) in [6.07, 6.45) is 1.14. The summed E-state index contributed by atoms with van der Waals surface area (Å²) in [5.74, 6) is 1.64. The minimum Gasteiger partial charge on any atom is -0.497 e. The molecule has 2 heteroatoms. The average molecular weight is 249 g/mol. The highest BCUT2D eigenvalue weighted by Gasteiger charge is 2.19. The van der Waals surface area contributed by atoms with Gasteiger partial charge < -0.3 is 10.1 Å². The first-order valence-electron chi connectivity index (χ1n) is 6.81. The number of rotatable bonds is 7. The first-order chi connectivity index (χ1) is 8.45. The molecule has 18 heavy (non-hydrogen) atoms. The number of benzene rings is 1. The fourth-order valence-electron chi connectivity index (χ4n) is 1.98. The molecule has 0 bridgehead atoms. The van der Waals surface area contributed by atoms with Crippen LogP contribution in [0.1, 0.15) is 39.7 Å². The molecule has 1 aromatic rings. The SMILES string of the molecule is COc1ccc(C(C)(C)CCNCC(C)C)cc1. The van der Waals surface area contributed by atoms with Crippen molar-refractivity contribution < 1.29 is 4.74 Å². The second-order valence-corrected chi connectivity index (χ2v) is 5.96. The Labute approximate surface area is 112 Å². The van der Waals surface area contributed by atoms with E-state index in [-0.39, 0.29) is 5.41 Å². The van der Waals surface area contributed by atoms with Crippen LogP contribution in [0.15, 0.2) is 24.3 Å². The van der Waals surface area contributed by atoms with E-state index in [1.807, 2.05) is 12.1 Å². The van der Waals surface area contributed by atoms with Gasteiger partial charge in [-0.05, 0) is 48.5 Å². The zero-order chi connectivity index (χ0) is 13.6. The molecule has 0 atom stereocenters. The molecule has 0 aliphatic carbocycles. The van der Waals surface area contributed by atoms with Crippen LogP contribution in [0.25, 0.3) is 0 Å². The minimum atomic E-state index is 0.205. The van der Waals surface area contributed by atoms with Crippen LogP contribution in [0.3, 0.4) is 0 Å². The molecule has 0 saturated carbocycles. The molecule has 0 saturated heterocycles. The summed E-state index contributed by atoms with van der Waals surface area (Å²) in [4.78, 5) is 0. The van der Waals surface area contributed by atoms with Crippen LogP contribution >= 0.6 is 0 Å². The average Bonchev–Trinajstić information content (AvgIpc) is 2.34. The second-order valence-electron chi connectivity index (χ2n) is 5.96. The lowest BCUT2D eigenvalue weighted by Gasteiger charge is -2.26. The van der Waals surface area contributed by atoms with Gasteiger partial charge in [-0.1, -0.05) is 39.8 Å². The molecule has 0 fully saturated rings. The maximum atomic E-state index is 5.19. The highest BCUT2D eigenvalue weighted by molar-refractivity contribution is 5.31. The third-order valence-electron chi connectivity index (χ3n) is 3.35. The minimum absolute atomic E-state index is 0.205. The van der Waals surface area contributed by atoms with E-state index >= 15 is 0 Å². The lowest BCUT2D eigenvalue weighted by molar-refractivity contribution is 0.412. The molecule has 102 valence electrons.